The minimum atomic E-state index is 0.100. The second-order valence-electron chi connectivity index (χ2n) is 6.71. The Kier molecular flexibility index (Phi) is 5.22. The van der Waals surface area contributed by atoms with Gasteiger partial charge in [-0.2, -0.15) is 5.10 Å². The number of H-pyrrole nitrogens is 1. The number of nitrogens with one attached hydrogen (secondary N) is 1. The molecule has 1 N–H and O–H groups in total. The zero-order valence-electron chi connectivity index (χ0n) is 14.9. The van der Waals surface area contributed by atoms with Crippen LogP contribution in [0.5, 0.6) is 5.75 Å². The quantitative estimate of drug-likeness (QED) is 0.831. The fourth-order valence-electron chi connectivity index (χ4n) is 3.45. The lowest BCUT2D eigenvalue weighted by molar-refractivity contribution is -0.133. The molecule has 0 aliphatic carbocycles. The van der Waals surface area contributed by atoms with Gasteiger partial charge in [-0.3, -0.25) is 14.5 Å². The highest BCUT2D eigenvalue weighted by molar-refractivity contribution is 7.71. The molecule has 1 saturated heterocycles. The number of hydrogen-bond acceptors (Lipinski definition) is 4. The standard InChI is InChI=1S/C18H24N4O2S/c1-12(2)15-5-4-10-21(15)16(23)11-22-17(19-20-18(22)25)13-6-8-14(24-3)9-7-13/h6-9,12,15H,4-5,10-11H2,1-3H3,(H,20,25)/t15-/m0/s1. The predicted octanol–water partition coefficient (Wildman–Crippen LogP) is 3.26. The molecule has 2 heterocycles. The molecule has 1 aliphatic heterocycles. The van der Waals surface area contributed by atoms with Gasteiger partial charge in [0.05, 0.1) is 7.11 Å². The molecular formula is C18H24N4O2S. The van der Waals surface area contributed by atoms with Crippen LogP contribution in [0.25, 0.3) is 11.4 Å². The molecule has 2 aromatic rings. The van der Waals surface area contributed by atoms with Crippen molar-refractivity contribution in [3.05, 3.63) is 29.0 Å². The number of aromatic amines is 1. The summed E-state index contributed by atoms with van der Waals surface area (Å²) in [4.78, 5) is 14.9. The number of nitrogens with zero attached hydrogens (tertiary/aromatic N) is 3. The van der Waals surface area contributed by atoms with E-state index in [2.05, 4.69) is 24.0 Å². The van der Waals surface area contributed by atoms with Gasteiger partial charge in [0.25, 0.3) is 0 Å². The van der Waals surface area contributed by atoms with Crippen molar-refractivity contribution in [2.45, 2.75) is 39.3 Å². The van der Waals surface area contributed by atoms with Crippen LogP contribution in [0.4, 0.5) is 0 Å². The molecule has 25 heavy (non-hydrogen) atoms. The SMILES string of the molecule is COc1ccc(-c2n[nH]c(=S)n2CC(=O)N2CCC[C@H]2C(C)C)cc1. The Hall–Kier alpha value is -2.15. The van der Waals surface area contributed by atoms with Gasteiger partial charge >= 0.3 is 0 Å². The molecule has 1 aromatic heterocycles. The summed E-state index contributed by atoms with van der Waals surface area (Å²) >= 11 is 5.35. The summed E-state index contributed by atoms with van der Waals surface area (Å²) in [6.45, 7) is 5.37. The largest absolute Gasteiger partial charge is 0.497 e. The summed E-state index contributed by atoms with van der Waals surface area (Å²) in [6, 6.07) is 7.89. The second kappa shape index (κ2) is 7.39. The molecule has 1 aromatic carbocycles. The number of ether oxygens (including phenoxy) is 1. The molecule has 3 rings (SSSR count). The fraction of sp³-hybridized carbons (Fsp3) is 0.500. The van der Waals surface area contributed by atoms with Gasteiger partial charge in [0.2, 0.25) is 5.91 Å². The number of carbonyl (C=O) groups excluding carboxylic acids is 1. The lowest BCUT2D eigenvalue weighted by Gasteiger charge is -2.28. The maximum atomic E-state index is 12.9. The number of amides is 1. The Morgan fingerprint density at radius 3 is 2.76 bits per heavy atom. The van der Waals surface area contributed by atoms with E-state index in [1.54, 1.807) is 11.7 Å². The van der Waals surface area contributed by atoms with Crippen molar-refractivity contribution in [3.63, 3.8) is 0 Å². The van der Waals surface area contributed by atoms with Gasteiger partial charge in [-0.15, -0.1) is 0 Å². The normalized spacial score (nSPS) is 17.3. The van der Waals surface area contributed by atoms with E-state index in [1.165, 1.54) is 0 Å². The average molecular weight is 360 g/mol. The molecule has 0 bridgehead atoms. The van der Waals surface area contributed by atoms with E-state index in [-0.39, 0.29) is 12.5 Å². The smallest absolute Gasteiger partial charge is 0.242 e. The molecule has 0 unspecified atom stereocenters. The van der Waals surface area contributed by atoms with Crippen LogP contribution >= 0.6 is 12.2 Å². The van der Waals surface area contributed by atoms with Crippen LogP contribution in [0.2, 0.25) is 0 Å². The van der Waals surface area contributed by atoms with Crippen molar-refractivity contribution in [1.29, 1.82) is 0 Å². The average Bonchev–Trinajstić information content (AvgIpc) is 3.23. The maximum Gasteiger partial charge on any atom is 0.242 e. The number of hydrogen-bond donors (Lipinski definition) is 1. The van der Waals surface area contributed by atoms with Crippen molar-refractivity contribution in [3.8, 4) is 17.1 Å². The minimum Gasteiger partial charge on any atom is -0.497 e. The lowest BCUT2D eigenvalue weighted by Crippen LogP contribution is -2.40. The van der Waals surface area contributed by atoms with E-state index in [0.29, 0.717) is 22.6 Å². The van der Waals surface area contributed by atoms with Crippen molar-refractivity contribution in [2.24, 2.45) is 5.92 Å². The molecule has 6 nitrogen and oxygen atoms in total. The lowest BCUT2D eigenvalue weighted by atomic mass is 10.0. The van der Waals surface area contributed by atoms with E-state index in [0.717, 1.165) is 30.7 Å². The van der Waals surface area contributed by atoms with Gasteiger partial charge in [0.1, 0.15) is 12.3 Å². The molecule has 1 aliphatic rings. The Morgan fingerprint density at radius 2 is 2.12 bits per heavy atom. The van der Waals surface area contributed by atoms with Crippen LogP contribution in [0.3, 0.4) is 0 Å². The Labute approximate surface area is 152 Å². The summed E-state index contributed by atoms with van der Waals surface area (Å²) < 4.78 is 7.42. The van der Waals surface area contributed by atoms with Gasteiger partial charge in [-0.05, 0) is 55.2 Å². The van der Waals surface area contributed by atoms with Gasteiger partial charge in [-0.1, -0.05) is 13.8 Å². The number of aromatic nitrogens is 3. The highest BCUT2D eigenvalue weighted by Gasteiger charge is 2.31. The first kappa shape index (κ1) is 17.7. The van der Waals surface area contributed by atoms with Crippen LogP contribution in [0, 0.1) is 10.7 Å². The number of rotatable bonds is 5. The molecular weight excluding hydrogens is 336 g/mol. The first-order chi connectivity index (χ1) is 12.0. The summed E-state index contributed by atoms with van der Waals surface area (Å²) in [7, 11) is 1.63. The third kappa shape index (κ3) is 3.61. The van der Waals surface area contributed by atoms with Crippen molar-refractivity contribution < 1.29 is 9.53 Å². The van der Waals surface area contributed by atoms with Crippen LogP contribution < -0.4 is 4.74 Å². The predicted molar refractivity (Wildman–Crippen MR) is 99.0 cm³/mol. The van der Waals surface area contributed by atoms with Crippen molar-refractivity contribution >= 4 is 18.1 Å². The van der Waals surface area contributed by atoms with E-state index in [9.17, 15) is 4.79 Å². The number of carbonyl (C=O) groups is 1. The Morgan fingerprint density at radius 1 is 1.40 bits per heavy atom. The van der Waals surface area contributed by atoms with Crippen molar-refractivity contribution in [2.75, 3.05) is 13.7 Å². The van der Waals surface area contributed by atoms with Crippen LogP contribution in [-0.4, -0.2) is 45.3 Å². The Balaban J connectivity index is 1.84. The summed E-state index contributed by atoms with van der Waals surface area (Å²) in [5.41, 5.74) is 0.891. The van der Waals surface area contributed by atoms with Crippen molar-refractivity contribution in [1.82, 2.24) is 19.7 Å². The second-order valence-corrected chi connectivity index (χ2v) is 7.09. The van der Waals surface area contributed by atoms with Crippen LogP contribution in [0.1, 0.15) is 26.7 Å². The minimum absolute atomic E-state index is 0.100. The third-order valence-electron chi connectivity index (χ3n) is 4.79. The number of benzene rings is 1. The molecule has 1 atom stereocenters. The molecule has 0 radical (unpaired) electrons. The molecule has 7 heteroatoms. The van der Waals surface area contributed by atoms with Gasteiger partial charge in [0, 0.05) is 18.2 Å². The Bertz CT molecular complexity index is 794. The van der Waals surface area contributed by atoms with Gasteiger partial charge in [-0.25, -0.2) is 0 Å². The van der Waals surface area contributed by atoms with Gasteiger partial charge in [0.15, 0.2) is 10.6 Å². The van der Waals surface area contributed by atoms with E-state index in [1.807, 2.05) is 29.2 Å². The highest BCUT2D eigenvalue weighted by Crippen LogP contribution is 2.25. The molecule has 0 spiro atoms. The summed E-state index contributed by atoms with van der Waals surface area (Å²) in [5.74, 6) is 2.01. The first-order valence-corrected chi connectivity index (χ1v) is 9.01. The molecule has 0 saturated carbocycles. The summed E-state index contributed by atoms with van der Waals surface area (Å²) in [6.07, 6.45) is 2.14. The number of likely N-dealkylation sites (tertiary alicyclic amines) is 1. The highest BCUT2D eigenvalue weighted by atomic mass is 32.1. The maximum absolute atomic E-state index is 12.9. The first-order valence-electron chi connectivity index (χ1n) is 8.60. The fourth-order valence-corrected chi connectivity index (χ4v) is 3.64. The molecule has 1 amide bonds. The van der Waals surface area contributed by atoms with Gasteiger partial charge < -0.3 is 9.64 Å². The van der Waals surface area contributed by atoms with Crippen LogP contribution in [-0.2, 0) is 11.3 Å². The monoisotopic (exact) mass is 360 g/mol. The van der Waals surface area contributed by atoms with E-state index >= 15 is 0 Å². The molecule has 134 valence electrons. The van der Waals surface area contributed by atoms with E-state index < -0.39 is 0 Å². The zero-order valence-corrected chi connectivity index (χ0v) is 15.7. The third-order valence-corrected chi connectivity index (χ3v) is 5.10. The number of methoxy groups -OCH3 is 1. The van der Waals surface area contributed by atoms with E-state index in [4.69, 9.17) is 17.0 Å². The molecule has 1 fully saturated rings. The van der Waals surface area contributed by atoms with Crippen LogP contribution in [0.15, 0.2) is 24.3 Å². The zero-order chi connectivity index (χ0) is 18.0. The topological polar surface area (TPSA) is 63.1 Å². The summed E-state index contributed by atoms with van der Waals surface area (Å²) in [5, 5.41) is 7.12.